The molecule has 0 aliphatic carbocycles. The second kappa shape index (κ2) is 15.1. The molecular formula is C10H21N4O4+. The maximum Gasteiger partial charge on any atom is 1.00 e. The first-order chi connectivity index (χ1) is 8.40. The number of nitrogens with zero attached hydrogens (tertiary/aromatic N) is 3. The van der Waals surface area contributed by atoms with Crippen LogP contribution in [0.5, 0.6) is 0 Å². The van der Waals surface area contributed by atoms with Crippen LogP contribution in [0, 0.1) is 22.9 Å². The van der Waals surface area contributed by atoms with E-state index in [0.717, 1.165) is 0 Å². The Balaban J connectivity index is -0.0000000946. The van der Waals surface area contributed by atoms with Crippen molar-refractivity contribution < 1.29 is 20.4 Å². The van der Waals surface area contributed by atoms with Gasteiger partial charge in [0, 0.05) is 35.2 Å². The molecule has 0 aromatic carbocycles. The average Bonchev–Trinajstić information content (AvgIpc) is 2.39. The lowest BCUT2D eigenvalue weighted by Gasteiger charge is -2.23. The molecule has 8 nitrogen and oxygen atoms in total. The number of nitriles is 2. The van der Waals surface area contributed by atoms with E-state index >= 15 is 0 Å². The lowest BCUT2D eigenvalue weighted by Crippen LogP contribution is -2.31. The summed E-state index contributed by atoms with van der Waals surface area (Å²) < 4.78 is 18.9. The standard InChI is InChI=1S/C5H12O3.C4H6N2O.CH2N2/c1-5(6-2,7-3)8-4;1-4(7-2)6-3-5;2-1-3/h1-4H3;1-2H3;2H2/p+1. The smallest absolute Gasteiger partial charge is 0.484 e. The minimum absolute atomic E-state index is 0. The van der Waals surface area contributed by atoms with E-state index in [1.54, 1.807) is 20.0 Å². The van der Waals surface area contributed by atoms with Gasteiger partial charge in [0.15, 0.2) is 12.1 Å². The van der Waals surface area contributed by atoms with Crippen molar-refractivity contribution in [3.63, 3.8) is 0 Å². The summed E-state index contributed by atoms with van der Waals surface area (Å²) in [6, 6.07) is 0. The maximum absolute atomic E-state index is 7.85. The molecule has 0 heterocycles. The van der Waals surface area contributed by atoms with Crippen LogP contribution in [0.3, 0.4) is 0 Å². The first-order valence-corrected chi connectivity index (χ1v) is 4.63. The quantitative estimate of drug-likeness (QED) is 0.260. The molecule has 8 heteroatoms. The Bertz CT molecular complexity index is 287. The van der Waals surface area contributed by atoms with E-state index in [1.165, 1.54) is 34.6 Å². The summed E-state index contributed by atoms with van der Waals surface area (Å²) in [6.45, 7) is 3.30. The van der Waals surface area contributed by atoms with Crippen LogP contribution in [0.15, 0.2) is 4.99 Å². The SMILES string of the molecule is COC(C)(OC)OC.COC(C)=NC#N.N#CN.[H+]. The predicted molar refractivity (Wildman–Crippen MR) is 66.1 cm³/mol. The highest BCUT2D eigenvalue weighted by Crippen LogP contribution is 2.08. The third kappa shape index (κ3) is 16.6. The van der Waals surface area contributed by atoms with Crippen LogP contribution in [0.25, 0.3) is 0 Å². The Morgan fingerprint density at radius 1 is 1.17 bits per heavy atom. The molecular weight excluding hydrogens is 240 g/mol. The van der Waals surface area contributed by atoms with Crippen LogP contribution in [-0.4, -0.2) is 40.3 Å². The Labute approximate surface area is 109 Å². The van der Waals surface area contributed by atoms with Crippen molar-refractivity contribution in [3.05, 3.63) is 0 Å². The number of methoxy groups -OCH3 is 4. The molecule has 0 unspecified atom stereocenters. The molecule has 0 aromatic heterocycles. The molecule has 0 amide bonds. The van der Waals surface area contributed by atoms with E-state index in [1.807, 2.05) is 0 Å². The van der Waals surface area contributed by atoms with Crippen LogP contribution in [-0.2, 0) is 18.9 Å². The lowest BCUT2D eigenvalue weighted by atomic mass is 10.6. The minimum Gasteiger partial charge on any atom is -0.484 e. The number of aliphatic imine (C=N–C) groups is 1. The zero-order valence-electron chi connectivity index (χ0n) is 12.6. The monoisotopic (exact) mass is 261 g/mol. The van der Waals surface area contributed by atoms with E-state index < -0.39 is 5.97 Å². The topological polar surface area (TPSA) is 123 Å². The summed E-state index contributed by atoms with van der Waals surface area (Å²) in [5.41, 5.74) is 4.15. The molecule has 0 bridgehead atoms. The van der Waals surface area contributed by atoms with Crippen molar-refractivity contribution in [3.8, 4) is 12.4 Å². The van der Waals surface area contributed by atoms with Crippen molar-refractivity contribution in [2.75, 3.05) is 28.4 Å². The molecule has 0 fully saturated rings. The van der Waals surface area contributed by atoms with Crippen LogP contribution >= 0.6 is 0 Å². The number of ether oxygens (including phenoxy) is 4. The molecule has 2 N–H and O–H groups in total. The molecule has 18 heavy (non-hydrogen) atoms. The molecule has 0 aliphatic rings. The number of hydrogen-bond acceptors (Lipinski definition) is 8. The summed E-state index contributed by atoms with van der Waals surface area (Å²) in [5.74, 6) is -0.484. The van der Waals surface area contributed by atoms with Gasteiger partial charge in [-0.05, 0) is 0 Å². The Kier molecular flexibility index (Phi) is 18.0. The van der Waals surface area contributed by atoms with Crippen molar-refractivity contribution in [2.45, 2.75) is 19.8 Å². The van der Waals surface area contributed by atoms with Gasteiger partial charge in [-0.3, -0.25) is 0 Å². The van der Waals surface area contributed by atoms with Crippen LogP contribution in [0.4, 0.5) is 0 Å². The van der Waals surface area contributed by atoms with Crippen molar-refractivity contribution in [1.29, 1.82) is 10.5 Å². The Morgan fingerprint density at radius 3 is 1.56 bits per heavy atom. The van der Waals surface area contributed by atoms with Gasteiger partial charge in [-0.15, -0.1) is 4.99 Å². The van der Waals surface area contributed by atoms with Crippen LogP contribution in [0.2, 0.25) is 0 Å². The third-order valence-electron chi connectivity index (χ3n) is 1.62. The van der Waals surface area contributed by atoms with Gasteiger partial charge in [0.2, 0.25) is 6.19 Å². The zero-order chi connectivity index (χ0) is 15.0. The van der Waals surface area contributed by atoms with Crippen molar-refractivity contribution in [2.24, 2.45) is 10.7 Å². The largest absolute Gasteiger partial charge is 1.00 e. The van der Waals surface area contributed by atoms with Gasteiger partial charge in [-0.1, -0.05) is 0 Å². The van der Waals surface area contributed by atoms with Crippen LogP contribution < -0.4 is 5.73 Å². The van der Waals surface area contributed by atoms with E-state index in [-0.39, 0.29) is 1.43 Å². The third-order valence-corrected chi connectivity index (χ3v) is 1.62. The molecule has 104 valence electrons. The Hall–Kier alpha value is -1.87. The van der Waals surface area contributed by atoms with Gasteiger partial charge in [0.05, 0.1) is 7.11 Å². The minimum atomic E-state index is -0.875. The average molecular weight is 261 g/mol. The molecule has 0 rings (SSSR count). The number of hydrogen-bond donors (Lipinski definition) is 1. The summed E-state index contributed by atoms with van der Waals surface area (Å²) in [5, 5.41) is 14.9. The van der Waals surface area contributed by atoms with Gasteiger partial charge in [0.1, 0.15) is 0 Å². The Morgan fingerprint density at radius 2 is 1.50 bits per heavy atom. The molecule has 0 aromatic rings. The molecule has 0 saturated carbocycles. The molecule has 0 aliphatic heterocycles. The normalized spacial score (nSPS) is 9.67. The highest BCUT2D eigenvalue weighted by atomic mass is 16.9. The van der Waals surface area contributed by atoms with Gasteiger partial charge < -0.3 is 24.7 Å². The number of nitrogens with two attached hydrogens (primary N) is 1. The van der Waals surface area contributed by atoms with Crippen LogP contribution in [0.1, 0.15) is 15.3 Å². The summed E-state index contributed by atoms with van der Waals surface area (Å²) in [6.07, 6.45) is 2.83. The van der Waals surface area contributed by atoms with Crippen molar-refractivity contribution >= 4 is 5.90 Å². The second-order valence-corrected chi connectivity index (χ2v) is 2.54. The summed E-state index contributed by atoms with van der Waals surface area (Å²) in [7, 11) is 6.03. The highest BCUT2D eigenvalue weighted by molar-refractivity contribution is 5.73. The second-order valence-electron chi connectivity index (χ2n) is 2.54. The lowest BCUT2D eigenvalue weighted by molar-refractivity contribution is -0.340. The molecule has 0 radical (unpaired) electrons. The number of rotatable bonds is 3. The summed E-state index contributed by atoms with van der Waals surface area (Å²) >= 11 is 0. The molecule has 0 atom stereocenters. The molecule has 0 saturated heterocycles. The van der Waals surface area contributed by atoms with Gasteiger partial charge in [-0.25, -0.2) is 0 Å². The fraction of sp³-hybridized carbons (Fsp3) is 0.700. The van der Waals surface area contributed by atoms with Gasteiger partial charge in [0.25, 0.3) is 5.97 Å². The fourth-order valence-corrected chi connectivity index (χ4v) is 0.366. The fourth-order valence-electron chi connectivity index (χ4n) is 0.366. The highest BCUT2D eigenvalue weighted by Gasteiger charge is 2.20. The van der Waals surface area contributed by atoms with E-state index in [4.69, 9.17) is 24.7 Å². The van der Waals surface area contributed by atoms with Gasteiger partial charge in [-0.2, -0.15) is 10.5 Å². The van der Waals surface area contributed by atoms with Gasteiger partial charge >= 0.3 is 1.43 Å². The first kappa shape index (κ1) is 21.4. The van der Waals surface area contributed by atoms with E-state index in [9.17, 15) is 0 Å². The maximum atomic E-state index is 7.85. The molecule has 0 spiro atoms. The summed E-state index contributed by atoms with van der Waals surface area (Å²) in [4.78, 5) is 3.24. The van der Waals surface area contributed by atoms with E-state index in [0.29, 0.717) is 5.90 Å². The first-order valence-electron chi connectivity index (χ1n) is 4.63. The van der Waals surface area contributed by atoms with Crippen molar-refractivity contribution in [1.82, 2.24) is 0 Å². The zero-order valence-corrected chi connectivity index (χ0v) is 11.6. The van der Waals surface area contributed by atoms with E-state index in [2.05, 4.69) is 15.5 Å². The predicted octanol–water partition coefficient (Wildman–Crippen LogP) is 0.670.